The molecule has 0 saturated heterocycles. The van der Waals surface area contributed by atoms with Crippen molar-refractivity contribution in [1.82, 2.24) is 3.80 Å². The van der Waals surface area contributed by atoms with Gasteiger partial charge >= 0.3 is 62.6 Å². The molecule has 1 aliphatic carbocycles. The van der Waals surface area contributed by atoms with Crippen molar-refractivity contribution in [3.05, 3.63) is 0 Å². The quantitative estimate of drug-likeness (QED) is 0.666. The van der Waals surface area contributed by atoms with Gasteiger partial charge in [-0.15, -0.1) is 24.8 Å². The van der Waals surface area contributed by atoms with Crippen LogP contribution in [0.4, 0.5) is 0 Å². The van der Waals surface area contributed by atoms with Gasteiger partial charge in [-0.05, 0) is 0 Å². The Hall–Kier alpha value is 1.25. The van der Waals surface area contributed by atoms with Crippen molar-refractivity contribution >= 4 is 24.8 Å². The SMILES string of the molecule is Cl.Cl.[Ti][NH]C1CCCCC1. The fraction of sp³-hybridized carbons (Fsp3) is 1.00. The first-order chi connectivity index (χ1) is 3.93. The van der Waals surface area contributed by atoms with Gasteiger partial charge in [0.15, 0.2) is 0 Å². The van der Waals surface area contributed by atoms with E-state index in [1.165, 1.54) is 32.1 Å². The summed E-state index contributed by atoms with van der Waals surface area (Å²) < 4.78 is 3.30. The zero-order chi connectivity index (χ0) is 5.82. The maximum absolute atomic E-state index is 3.30. The van der Waals surface area contributed by atoms with Crippen LogP contribution in [0, 0.1) is 0 Å². The maximum atomic E-state index is 3.30. The number of halogens is 2. The van der Waals surface area contributed by atoms with Gasteiger partial charge in [-0.1, -0.05) is 0 Å². The molecule has 0 aliphatic heterocycles. The molecule has 1 N–H and O–H groups in total. The minimum atomic E-state index is 0. The van der Waals surface area contributed by atoms with Crippen molar-refractivity contribution in [1.29, 1.82) is 0 Å². The Balaban J connectivity index is 0. The summed E-state index contributed by atoms with van der Waals surface area (Å²) >= 11 is 2.07. The Bertz CT molecular complexity index is 66.8. The van der Waals surface area contributed by atoms with E-state index in [1.807, 2.05) is 0 Å². The van der Waals surface area contributed by atoms with Crippen LogP contribution in [0.3, 0.4) is 0 Å². The van der Waals surface area contributed by atoms with Gasteiger partial charge in [0.25, 0.3) is 0 Å². The summed E-state index contributed by atoms with van der Waals surface area (Å²) in [6.45, 7) is 0. The van der Waals surface area contributed by atoms with Crippen LogP contribution in [-0.4, -0.2) is 6.04 Å². The van der Waals surface area contributed by atoms with Crippen molar-refractivity contribution in [2.24, 2.45) is 0 Å². The number of hydrogen-bond donors (Lipinski definition) is 1. The van der Waals surface area contributed by atoms with Crippen LogP contribution in [0.5, 0.6) is 0 Å². The van der Waals surface area contributed by atoms with E-state index < -0.39 is 0 Å². The normalized spacial score (nSPS) is 18.7. The monoisotopic (exact) mass is 218 g/mol. The minimum absolute atomic E-state index is 0. The van der Waals surface area contributed by atoms with Crippen LogP contribution in [0.1, 0.15) is 32.1 Å². The van der Waals surface area contributed by atoms with Crippen LogP contribution in [0.15, 0.2) is 0 Å². The molecule has 0 aromatic heterocycles. The predicted molar refractivity (Wildman–Crippen MR) is 44.5 cm³/mol. The van der Waals surface area contributed by atoms with Crippen molar-refractivity contribution in [3.63, 3.8) is 0 Å². The molecule has 0 radical (unpaired) electrons. The second kappa shape index (κ2) is 8.35. The van der Waals surface area contributed by atoms with E-state index in [-0.39, 0.29) is 24.8 Å². The molecule has 0 spiro atoms. The van der Waals surface area contributed by atoms with Crippen LogP contribution in [-0.2, 0) is 20.7 Å². The molecular weight excluding hydrogens is 205 g/mol. The standard InChI is InChI=1S/C6H12N.2ClH.Ti/c7-6-4-2-1-3-5-6;;;/h6-7H,1-5H2;2*1H;/q-1;;;+1. The van der Waals surface area contributed by atoms with Gasteiger partial charge in [-0.3, -0.25) is 0 Å². The van der Waals surface area contributed by atoms with E-state index in [9.17, 15) is 0 Å². The van der Waals surface area contributed by atoms with Gasteiger partial charge in [0, 0.05) is 0 Å². The van der Waals surface area contributed by atoms with E-state index in [2.05, 4.69) is 24.5 Å². The zero-order valence-electron chi connectivity index (χ0n) is 5.93. The van der Waals surface area contributed by atoms with Crippen molar-refractivity contribution in [2.45, 2.75) is 38.1 Å². The Kier molecular flexibility index (Phi) is 11.5. The molecule has 1 rings (SSSR count). The third-order valence-electron chi connectivity index (χ3n) is 1.81. The molecule has 4 heteroatoms. The van der Waals surface area contributed by atoms with E-state index in [1.54, 1.807) is 0 Å². The van der Waals surface area contributed by atoms with Gasteiger partial charge < -0.3 is 0 Å². The average Bonchev–Trinajstić information content (AvgIpc) is 1.90. The molecule has 0 atom stereocenters. The van der Waals surface area contributed by atoms with Crippen molar-refractivity contribution in [3.8, 4) is 0 Å². The second-order valence-electron chi connectivity index (χ2n) is 2.48. The summed E-state index contributed by atoms with van der Waals surface area (Å²) in [6, 6.07) is 0.837. The van der Waals surface area contributed by atoms with E-state index in [0.717, 1.165) is 6.04 Å². The molecular formula is C6H14Cl2NTi. The fourth-order valence-corrected chi connectivity index (χ4v) is 1.70. The molecule has 10 heavy (non-hydrogen) atoms. The number of nitrogens with one attached hydrogen (secondary N) is 1. The molecule has 0 unspecified atom stereocenters. The van der Waals surface area contributed by atoms with E-state index in [4.69, 9.17) is 0 Å². The Morgan fingerprint density at radius 1 is 1.00 bits per heavy atom. The van der Waals surface area contributed by atoms with Crippen LogP contribution in [0.2, 0.25) is 0 Å². The van der Waals surface area contributed by atoms with Gasteiger partial charge in [0.1, 0.15) is 0 Å². The van der Waals surface area contributed by atoms with Gasteiger partial charge in [-0.25, -0.2) is 0 Å². The number of rotatable bonds is 1. The van der Waals surface area contributed by atoms with Crippen molar-refractivity contribution < 1.29 is 20.7 Å². The fourth-order valence-electron chi connectivity index (χ4n) is 1.25. The second-order valence-corrected chi connectivity index (χ2v) is 2.93. The Morgan fingerprint density at radius 2 is 1.50 bits per heavy atom. The summed E-state index contributed by atoms with van der Waals surface area (Å²) in [5, 5.41) is 0. The first-order valence-corrected chi connectivity index (χ1v) is 4.14. The van der Waals surface area contributed by atoms with Gasteiger partial charge in [0.2, 0.25) is 0 Å². The van der Waals surface area contributed by atoms with Crippen LogP contribution in [0.25, 0.3) is 0 Å². The average molecular weight is 219 g/mol. The molecule has 0 bridgehead atoms. The Labute approximate surface area is 87.2 Å². The van der Waals surface area contributed by atoms with Gasteiger partial charge in [-0.2, -0.15) is 0 Å². The Morgan fingerprint density at radius 3 is 1.80 bits per heavy atom. The van der Waals surface area contributed by atoms with Crippen molar-refractivity contribution in [2.75, 3.05) is 0 Å². The molecule has 1 aliphatic rings. The first kappa shape index (κ1) is 13.8. The summed E-state index contributed by atoms with van der Waals surface area (Å²) in [4.78, 5) is 0. The topological polar surface area (TPSA) is 12.0 Å². The van der Waals surface area contributed by atoms with E-state index >= 15 is 0 Å². The zero-order valence-corrected chi connectivity index (χ0v) is 9.12. The molecule has 1 saturated carbocycles. The molecule has 61 valence electrons. The first-order valence-electron chi connectivity index (χ1n) is 3.36. The molecule has 0 aromatic carbocycles. The molecule has 0 amide bonds. The van der Waals surface area contributed by atoms with Crippen LogP contribution >= 0.6 is 24.8 Å². The van der Waals surface area contributed by atoms with E-state index in [0.29, 0.717) is 0 Å². The number of hydrogen-bond acceptors (Lipinski definition) is 1. The molecule has 1 fully saturated rings. The molecule has 1 nitrogen and oxygen atoms in total. The van der Waals surface area contributed by atoms with Gasteiger partial charge in [0.05, 0.1) is 0 Å². The summed E-state index contributed by atoms with van der Waals surface area (Å²) in [5.74, 6) is 0. The molecule has 0 aromatic rings. The predicted octanol–water partition coefficient (Wildman–Crippen LogP) is 2.21. The third-order valence-corrected chi connectivity index (χ3v) is 2.45. The summed E-state index contributed by atoms with van der Waals surface area (Å²) in [6.07, 6.45) is 7.13. The third kappa shape index (κ3) is 4.98. The van der Waals surface area contributed by atoms with Crippen LogP contribution < -0.4 is 3.80 Å². The molecule has 0 heterocycles. The summed E-state index contributed by atoms with van der Waals surface area (Å²) in [7, 11) is 0. The summed E-state index contributed by atoms with van der Waals surface area (Å²) in [5.41, 5.74) is 0.